The summed E-state index contributed by atoms with van der Waals surface area (Å²) >= 11 is 0. The van der Waals surface area contributed by atoms with Crippen LogP contribution in [0.25, 0.3) is 0 Å². The van der Waals surface area contributed by atoms with Crippen molar-refractivity contribution in [3.63, 3.8) is 0 Å². The number of methoxy groups -OCH3 is 3. The van der Waals surface area contributed by atoms with Crippen molar-refractivity contribution in [1.29, 1.82) is 0 Å². The van der Waals surface area contributed by atoms with Gasteiger partial charge in [0.25, 0.3) is 0 Å². The van der Waals surface area contributed by atoms with E-state index in [4.69, 9.17) is 14.2 Å². The molecule has 0 aliphatic carbocycles. The van der Waals surface area contributed by atoms with Crippen LogP contribution in [0.15, 0.2) is 18.2 Å². The fourth-order valence-electron chi connectivity index (χ4n) is 1.84. The molecule has 1 atom stereocenters. The van der Waals surface area contributed by atoms with Crippen LogP contribution in [0.3, 0.4) is 0 Å². The first-order valence-corrected chi connectivity index (χ1v) is 6.19. The molecule has 0 saturated carbocycles. The largest absolute Gasteiger partial charge is 0.497 e. The van der Waals surface area contributed by atoms with Crippen LogP contribution in [0.2, 0.25) is 0 Å². The van der Waals surface area contributed by atoms with Crippen molar-refractivity contribution in [2.45, 2.75) is 12.5 Å². The van der Waals surface area contributed by atoms with Gasteiger partial charge in [-0.1, -0.05) is 0 Å². The summed E-state index contributed by atoms with van der Waals surface area (Å²) in [6, 6.07) is 5.39. The number of hydrogen-bond acceptors (Lipinski definition) is 5. The Labute approximate surface area is 114 Å². The van der Waals surface area contributed by atoms with Gasteiger partial charge in [0.2, 0.25) is 0 Å². The monoisotopic (exact) mass is 269 g/mol. The molecule has 1 unspecified atom stereocenters. The van der Waals surface area contributed by atoms with E-state index in [9.17, 15) is 5.11 Å². The maximum atomic E-state index is 10.5. The molecule has 108 valence electrons. The number of benzene rings is 1. The highest BCUT2D eigenvalue weighted by Crippen LogP contribution is 2.32. The van der Waals surface area contributed by atoms with Gasteiger partial charge in [-0.05, 0) is 19.1 Å². The van der Waals surface area contributed by atoms with Crippen molar-refractivity contribution in [3.8, 4) is 11.5 Å². The van der Waals surface area contributed by atoms with Gasteiger partial charge in [-0.15, -0.1) is 0 Å². The van der Waals surface area contributed by atoms with Gasteiger partial charge in [-0.3, -0.25) is 0 Å². The van der Waals surface area contributed by atoms with Gasteiger partial charge in [0, 0.05) is 31.8 Å². The van der Waals surface area contributed by atoms with E-state index in [2.05, 4.69) is 5.32 Å². The lowest BCUT2D eigenvalue weighted by Gasteiger charge is -2.26. The minimum atomic E-state index is -1.02. The number of aliphatic hydroxyl groups is 1. The van der Waals surface area contributed by atoms with Crippen molar-refractivity contribution in [2.75, 3.05) is 41.0 Å². The Hall–Kier alpha value is -1.30. The Morgan fingerprint density at radius 3 is 2.53 bits per heavy atom. The molecule has 1 aromatic rings. The fourth-order valence-corrected chi connectivity index (χ4v) is 1.84. The maximum Gasteiger partial charge on any atom is 0.128 e. The molecule has 0 aliphatic rings. The van der Waals surface area contributed by atoms with Gasteiger partial charge in [-0.25, -0.2) is 0 Å². The zero-order valence-corrected chi connectivity index (χ0v) is 12.0. The third kappa shape index (κ3) is 4.38. The molecule has 0 saturated heterocycles. The summed E-state index contributed by atoms with van der Waals surface area (Å²) < 4.78 is 15.4. The Bertz CT molecular complexity index is 393. The second-order valence-electron chi connectivity index (χ2n) is 4.51. The van der Waals surface area contributed by atoms with E-state index in [-0.39, 0.29) is 0 Å². The van der Waals surface area contributed by atoms with E-state index in [1.165, 1.54) is 0 Å². The zero-order valence-electron chi connectivity index (χ0n) is 12.0. The molecule has 1 aromatic carbocycles. The summed E-state index contributed by atoms with van der Waals surface area (Å²) in [6.45, 7) is 3.46. The Morgan fingerprint density at radius 2 is 1.95 bits per heavy atom. The second-order valence-corrected chi connectivity index (χ2v) is 4.51. The number of ether oxygens (including phenoxy) is 3. The summed E-state index contributed by atoms with van der Waals surface area (Å²) in [4.78, 5) is 0. The lowest BCUT2D eigenvalue weighted by atomic mass is 9.94. The highest BCUT2D eigenvalue weighted by atomic mass is 16.5. The highest BCUT2D eigenvalue weighted by Gasteiger charge is 2.26. The van der Waals surface area contributed by atoms with Crippen molar-refractivity contribution in [3.05, 3.63) is 23.8 Å². The molecule has 5 heteroatoms. The molecule has 0 aliphatic heterocycles. The van der Waals surface area contributed by atoms with Gasteiger partial charge in [0.1, 0.15) is 17.1 Å². The Kier molecular flexibility index (Phi) is 6.08. The maximum absolute atomic E-state index is 10.5. The van der Waals surface area contributed by atoms with Crippen LogP contribution < -0.4 is 14.8 Å². The molecule has 0 radical (unpaired) electrons. The van der Waals surface area contributed by atoms with Crippen LogP contribution in [-0.4, -0.2) is 46.1 Å². The number of nitrogens with one attached hydrogen (secondary N) is 1. The molecule has 0 fully saturated rings. The van der Waals surface area contributed by atoms with Gasteiger partial charge in [-0.2, -0.15) is 0 Å². The topological polar surface area (TPSA) is 60.0 Å². The molecule has 0 aromatic heterocycles. The molecule has 0 bridgehead atoms. The smallest absolute Gasteiger partial charge is 0.128 e. The first-order valence-electron chi connectivity index (χ1n) is 6.19. The second kappa shape index (κ2) is 7.33. The minimum Gasteiger partial charge on any atom is -0.497 e. The molecule has 1 rings (SSSR count). The molecular weight excluding hydrogens is 246 g/mol. The summed E-state index contributed by atoms with van der Waals surface area (Å²) in [5.41, 5.74) is -0.300. The van der Waals surface area contributed by atoms with E-state index < -0.39 is 5.60 Å². The van der Waals surface area contributed by atoms with Gasteiger partial charge < -0.3 is 24.6 Å². The Balaban J connectivity index is 2.81. The number of rotatable bonds is 8. The molecule has 0 spiro atoms. The van der Waals surface area contributed by atoms with E-state index in [1.807, 2.05) is 12.1 Å². The Morgan fingerprint density at radius 1 is 1.21 bits per heavy atom. The molecule has 0 amide bonds. The van der Waals surface area contributed by atoms with E-state index in [0.717, 1.165) is 5.56 Å². The minimum absolute atomic E-state index is 0.416. The van der Waals surface area contributed by atoms with Gasteiger partial charge >= 0.3 is 0 Å². The molecule has 0 heterocycles. The van der Waals surface area contributed by atoms with E-state index >= 15 is 0 Å². The molecular formula is C14H23NO4. The first-order chi connectivity index (χ1) is 9.05. The van der Waals surface area contributed by atoms with Crippen LogP contribution in [-0.2, 0) is 10.3 Å². The van der Waals surface area contributed by atoms with Crippen LogP contribution in [0.4, 0.5) is 0 Å². The van der Waals surface area contributed by atoms with E-state index in [1.54, 1.807) is 34.3 Å². The molecule has 2 N–H and O–H groups in total. The highest BCUT2D eigenvalue weighted by molar-refractivity contribution is 5.43. The SMILES string of the molecule is COCCNCC(C)(O)c1ccc(OC)cc1OC. The standard InChI is InChI=1S/C14H23NO4/c1-14(16,10-15-7-8-17-2)12-6-5-11(18-3)9-13(12)19-4/h5-6,9,15-16H,7-8,10H2,1-4H3. The van der Waals surface area contributed by atoms with E-state index in [0.29, 0.717) is 31.2 Å². The fraction of sp³-hybridized carbons (Fsp3) is 0.571. The summed E-state index contributed by atoms with van der Waals surface area (Å²) in [7, 11) is 4.82. The quantitative estimate of drug-likeness (QED) is 0.693. The lowest BCUT2D eigenvalue weighted by Crippen LogP contribution is -2.37. The zero-order chi connectivity index (χ0) is 14.3. The average molecular weight is 269 g/mol. The predicted molar refractivity (Wildman–Crippen MR) is 73.9 cm³/mol. The van der Waals surface area contributed by atoms with Crippen molar-refractivity contribution in [2.24, 2.45) is 0 Å². The predicted octanol–water partition coefficient (Wildman–Crippen LogP) is 1.15. The van der Waals surface area contributed by atoms with Gasteiger partial charge in [0.15, 0.2) is 0 Å². The average Bonchev–Trinajstić information content (AvgIpc) is 2.42. The third-order valence-electron chi connectivity index (χ3n) is 2.94. The molecule has 5 nitrogen and oxygen atoms in total. The van der Waals surface area contributed by atoms with Crippen LogP contribution in [0.1, 0.15) is 12.5 Å². The normalized spacial score (nSPS) is 13.9. The first kappa shape index (κ1) is 15.8. The van der Waals surface area contributed by atoms with Crippen LogP contribution in [0.5, 0.6) is 11.5 Å². The number of hydrogen-bond donors (Lipinski definition) is 2. The third-order valence-corrected chi connectivity index (χ3v) is 2.94. The van der Waals surface area contributed by atoms with Crippen molar-refractivity contribution in [1.82, 2.24) is 5.32 Å². The van der Waals surface area contributed by atoms with Crippen LogP contribution in [0, 0.1) is 0 Å². The summed E-state index contributed by atoms with van der Waals surface area (Å²) in [5, 5.41) is 13.7. The van der Waals surface area contributed by atoms with Gasteiger partial charge in [0.05, 0.1) is 20.8 Å². The summed E-state index contributed by atoms with van der Waals surface area (Å²) in [5.74, 6) is 1.31. The lowest BCUT2D eigenvalue weighted by molar-refractivity contribution is 0.0524. The molecule has 19 heavy (non-hydrogen) atoms. The van der Waals surface area contributed by atoms with Crippen molar-refractivity contribution >= 4 is 0 Å². The summed E-state index contributed by atoms with van der Waals surface area (Å²) in [6.07, 6.45) is 0. The van der Waals surface area contributed by atoms with Crippen molar-refractivity contribution < 1.29 is 19.3 Å². The van der Waals surface area contributed by atoms with Crippen LogP contribution >= 0.6 is 0 Å².